The zero-order valence-electron chi connectivity index (χ0n) is 14.3. The van der Waals surface area contributed by atoms with Gasteiger partial charge in [-0.2, -0.15) is 0 Å². The third-order valence-electron chi connectivity index (χ3n) is 3.60. The Bertz CT molecular complexity index is 837. The van der Waals surface area contributed by atoms with Crippen LogP contribution in [0.5, 0.6) is 0 Å². The van der Waals surface area contributed by atoms with Gasteiger partial charge in [-0.3, -0.25) is 9.36 Å². The summed E-state index contributed by atoms with van der Waals surface area (Å²) in [5, 5.41) is 0.334. The second-order valence-corrected chi connectivity index (χ2v) is 6.59. The van der Waals surface area contributed by atoms with E-state index in [0.717, 1.165) is 11.3 Å². The molecular weight excluding hydrogens is 332 g/mol. The van der Waals surface area contributed by atoms with Crippen LogP contribution in [0, 0.1) is 6.92 Å². The Morgan fingerprint density at radius 1 is 1.38 bits per heavy atom. The van der Waals surface area contributed by atoms with Gasteiger partial charge in [0, 0.05) is 0 Å². The summed E-state index contributed by atoms with van der Waals surface area (Å²) in [7, 11) is 1.28. The van der Waals surface area contributed by atoms with E-state index in [2.05, 4.69) is 4.98 Å². The molecule has 0 saturated carbocycles. The fourth-order valence-electron chi connectivity index (χ4n) is 2.43. The molecule has 0 aliphatic rings. The number of aryl methyl sites for hydroxylation is 1. The van der Waals surface area contributed by atoms with E-state index in [1.54, 1.807) is 27.7 Å². The van der Waals surface area contributed by atoms with Gasteiger partial charge < -0.3 is 9.47 Å². The van der Waals surface area contributed by atoms with Crippen LogP contribution in [0.3, 0.4) is 0 Å². The molecule has 1 unspecified atom stereocenters. The molecule has 7 nitrogen and oxygen atoms in total. The van der Waals surface area contributed by atoms with Crippen molar-refractivity contribution in [1.82, 2.24) is 9.55 Å². The molecule has 0 aromatic carbocycles. The molecule has 0 amide bonds. The van der Waals surface area contributed by atoms with E-state index in [0.29, 0.717) is 27.1 Å². The first-order valence-electron chi connectivity index (χ1n) is 7.60. The molecule has 2 aromatic rings. The maximum atomic E-state index is 12.8. The highest BCUT2D eigenvalue weighted by atomic mass is 32.1. The molecule has 0 aliphatic carbocycles. The highest BCUT2D eigenvalue weighted by Gasteiger charge is 2.25. The fourth-order valence-corrected chi connectivity index (χ4v) is 3.46. The monoisotopic (exact) mass is 352 g/mol. The van der Waals surface area contributed by atoms with Gasteiger partial charge in [-0.05, 0) is 32.8 Å². The molecule has 24 heavy (non-hydrogen) atoms. The number of aromatic nitrogens is 2. The van der Waals surface area contributed by atoms with Crippen LogP contribution in [-0.4, -0.2) is 34.7 Å². The molecule has 2 heterocycles. The molecule has 0 radical (unpaired) electrons. The first kappa shape index (κ1) is 18.1. The number of methoxy groups -OCH3 is 1. The van der Waals surface area contributed by atoms with E-state index >= 15 is 0 Å². The second-order valence-electron chi connectivity index (χ2n) is 5.59. The Kier molecular flexibility index (Phi) is 5.38. The van der Waals surface area contributed by atoms with E-state index < -0.39 is 18.0 Å². The minimum atomic E-state index is -0.746. The van der Waals surface area contributed by atoms with Gasteiger partial charge in [-0.1, -0.05) is 6.92 Å². The van der Waals surface area contributed by atoms with Crippen molar-refractivity contribution in [2.45, 2.75) is 46.3 Å². The average Bonchev–Trinajstić information content (AvgIpc) is 2.87. The van der Waals surface area contributed by atoms with E-state index in [1.807, 2.05) is 0 Å². The van der Waals surface area contributed by atoms with Crippen molar-refractivity contribution in [2.24, 2.45) is 0 Å². The summed E-state index contributed by atoms with van der Waals surface area (Å²) in [6.07, 6.45) is 1.46. The lowest BCUT2D eigenvalue weighted by atomic mass is 10.2. The van der Waals surface area contributed by atoms with Crippen LogP contribution >= 0.6 is 11.3 Å². The van der Waals surface area contributed by atoms with E-state index in [1.165, 1.54) is 18.0 Å². The lowest BCUT2D eigenvalue weighted by molar-refractivity contribution is -0.144. The Hall–Kier alpha value is -2.22. The third-order valence-corrected chi connectivity index (χ3v) is 4.78. The minimum absolute atomic E-state index is 0.254. The predicted octanol–water partition coefficient (Wildman–Crippen LogP) is 2.46. The summed E-state index contributed by atoms with van der Waals surface area (Å²) >= 11 is 1.12. The van der Waals surface area contributed by atoms with Gasteiger partial charge in [0.1, 0.15) is 15.7 Å². The molecular formula is C16H20N2O5S. The summed E-state index contributed by atoms with van der Waals surface area (Å²) in [6.45, 7) is 6.98. The van der Waals surface area contributed by atoms with Crippen LogP contribution in [0.1, 0.15) is 48.5 Å². The topological polar surface area (TPSA) is 87.5 Å². The van der Waals surface area contributed by atoms with Crippen molar-refractivity contribution in [1.29, 1.82) is 0 Å². The minimum Gasteiger partial charge on any atom is -0.467 e. The maximum Gasteiger partial charge on any atom is 0.348 e. The highest BCUT2D eigenvalue weighted by molar-refractivity contribution is 7.20. The predicted molar refractivity (Wildman–Crippen MR) is 90.5 cm³/mol. The molecule has 0 aliphatic heterocycles. The molecule has 2 rings (SSSR count). The first-order chi connectivity index (χ1) is 11.3. The average molecular weight is 352 g/mol. The van der Waals surface area contributed by atoms with Crippen LogP contribution in [-0.2, 0) is 14.3 Å². The van der Waals surface area contributed by atoms with Crippen molar-refractivity contribution >= 4 is 33.5 Å². The molecule has 130 valence electrons. The van der Waals surface area contributed by atoms with Crippen molar-refractivity contribution in [3.05, 3.63) is 27.1 Å². The maximum absolute atomic E-state index is 12.8. The van der Waals surface area contributed by atoms with Gasteiger partial charge in [0.05, 0.1) is 24.9 Å². The van der Waals surface area contributed by atoms with Crippen molar-refractivity contribution in [3.63, 3.8) is 0 Å². The van der Waals surface area contributed by atoms with E-state index in [4.69, 9.17) is 9.47 Å². The molecule has 0 N–H and O–H groups in total. The molecule has 2 aromatic heterocycles. The number of nitrogens with zero attached hydrogens (tertiary/aromatic N) is 2. The van der Waals surface area contributed by atoms with Crippen LogP contribution < -0.4 is 5.56 Å². The van der Waals surface area contributed by atoms with Gasteiger partial charge in [0.15, 0.2) is 0 Å². The Morgan fingerprint density at radius 2 is 2.04 bits per heavy atom. The molecule has 0 saturated heterocycles. The number of rotatable bonds is 5. The fraction of sp³-hybridized carbons (Fsp3) is 0.500. The number of thiophene rings is 1. The SMILES string of the molecule is CCC(C(=O)OC)n1cnc2sc(C(=O)OC(C)C)c(C)c2c1=O. The number of hydrogen-bond donors (Lipinski definition) is 0. The molecule has 0 fully saturated rings. The summed E-state index contributed by atoms with van der Waals surface area (Å²) in [5.74, 6) is -0.982. The zero-order valence-corrected chi connectivity index (χ0v) is 15.1. The van der Waals surface area contributed by atoms with Gasteiger partial charge in [-0.25, -0.2) is 14.6 Å². The van der Waals surface area contributed by atoms with Crippen molar-refractivity contribution < 1.29 is 19.1 Å². The van der Waals surface area contributed by atoms with Crippen LogP contribution in [0.4, 0.5) is 0 Å². The van der Waals surface area contributed by atoms with Gasteiger partial charge in [0.25, 0.3) is 5.56 Å². The molecule has 0 spiro atoms. The Labute approximate surface area is 143 Å². The first-order valence-corrected chi connectivity index (χ1v) is 8.42. The largest absolute Gasteiger partial charge is 0.467 e. The molecule has 8 heteroatoms. The summed E-state index contributed by atoms with van der Waals surface area (Å²) < 4.78 is 11.2. The normalized spacial score (nSPS) is 12.4. The van der Waals surface area contributed by atoms with Gasteiger partial charge >= 0.3 is 11.9 Å². The summed E-state index contributed by atoms with van der Waals surface area (Å²) in [6, 6.07) is -0.746. The number of carbonyl (C=O) groups excluding carboxylic acids is 2. The number of fused-ring (bicyclic) bond motifs is 1. The van der Waals surface area contributed by atoms with Crippen LogP contribution in [0.15, 0.2) is 11.1 Å². The Morgan fingerprint density at radius 3 is 2.58 bits per heavy atom. The molecule has 1 atom stereocenters. The summed E-state index contributed by atoms with van der Waals surface area (Å²) in [4.78, 5) is 41.9. The lowest BCUT2D eigenvalue weighted by Gasteiger charge is -2.15. The van der Waals surface area contributed by atoms with Crippen molar-refractivity contribution in [2.75, 3.05) is 7.11 Å². The molecule has 0 bridgehead atoms. The quantitative estimate of drug-likeness (QED) is 0.768. The van der Waals surface area contributed by atoms with Crippen LogP contribution in [0.2, 0.25) is 0 Å². The van der Waals surface area contributed by atoms with Crippen molar-refractivity contribution in [3.8, 4) is 0 Å². The summed E-state index contributed by atoms with van der Waals surface area (Å²) in [5.41, 5.74) is 0.154. The standard InChI is InChI=1S/C16H20N2O5S/c1-6-10(15(20)22-5)18-7-17-13-11(14(18)19)9(4)12(24-13)16(21)23-8(2)3/h7-8,10H,6H2,1-5H3. The van der Waals surface area contributed by atoms with Gasteiger partial charge in [0.2, 0.25) is 0 Å². The van der Waals surface area contributed by atoms with Gasteiger partial charge in [-0.15, -0.1) is 11.3 Å². The number of carbonyl (C=O) groups is 2. The highest BCUT2D eigenvalue weighted by Crippen LogP contribution is 2.28. The lowest BCUT2D eigenvalue weighted by Crippen LogP contribution is -2.30. The van der Waals surface area contributed by atoms with E-state index in [-0.39, 0.29) is 11.7 Å². The second kappa shape index (κ2) is 7.12. The number of ether oxygens (including phenoxy) is 2. The zero-order chi connectivity index (χ0) is 18.0. The van der Waals surface area contributed by atoms with E-state index in [9.17, 15) is 14.4 Å². The smallest absolute Gasteiger partial charge is 0.348 e. The number of hydrogen-bond acceptors (Lipinski definition) is 7. The Balaban J connectivity index is 2.60. The third kappa shape index (κ3) is 3.19. The van der Waals surface area contributed by atoms with Crippen LogP contribution in [0.25, 0.3) is 10.2 Å². The number of esters is 2.